The lowest BCUT2D eigenvalue weighted by atomic mass is 9.92. The number of carbonyl (C=O) groups is 1. The summed E-state index contributed by atoms with van der Waals surface area (Å²) in [5.41, 5.74) is -0.175. The van der Waals surface area contributed by atoms with Crippen LogP contribution in [-0.2, 0) is 9.53 Å². The first-order chi connectivity index (χ1) is 8.87. The van der Waals surface area contributed by atoms with Crippen LogP contribution in [0.1, 0.15) is 32.6 Å². The number of ether oxygens (including phenoxy) is 1. The highest BCUT2D eigenvalue weighted by Crippen LogP contribution is 2.45. The Balaban J connectivity index is 1.59. The van der Waals surface area contributed by atoms with Gasteiger partial charge in [0.1, 0.15) is 5.60 Å². The van der Waals surface area contributed by atoms with Crippen LogP contribution in [0.2, 0.25) is 25.2 Å². The Morgan fingerprint density at radius 3 is 2.42 bits per heavy atom. The average molecular weight is 278 g/mol. The normalized spacial score (nSPS) is 38.4. The van der Waals surface area contributed by atoms with Crippen LogP contribution in [0.4, 0.5) is 0 Å². The molecule has 2 fully saturated rings. The van der Waals surface area contributed by atoms with Crippen molar-refractivity contribution in [2.75, 3.05) is 0 Å². The Kier molecular flexibility index (Phi) is 3.16. The molecule has 106 valence electrons. The molecule has 0 spiro atoms. The Morgan fingerprint density at radius 1 is 1.21 bits per heavy atom. The number of hydrogen-bond acceptors (Lipinski definition) is 2. The molecule has 0 radical (unpaired) electrons. The molecule has 0 aromatic heterocycles. The van der Waals surface area contributed by atoms with Crippen molar-refractivity contribution in [1.29, 1.82) is 0 Å². The predicted octanol–water partition coefficient (Wildman–Crippen LogP) is 4.00. The minimum Gasteiger partial charge on any atom is -0.459 e. The summed E-state index contributed by atoms with van der Waals surface area (Å²) >= 11 is 0. The molecule has 0 aromatic carbocycles. The van der Waals surface area contributed by atoms with Gasteiger partial charge in [0.05, 0.1) is 5.92 Å². The maximum Gasteiger partial charge on any atom is 0.310 e. The zero-order valence-electron chi connectivity index (χ0n) is 12.4. The average Bonchev–Trinajstić information content (AvgIpc) is 2.96. The van der Waals surface area contributed by atoms with Crippen molar-refractivity contribution in [1.82, 2.24) is 0 Å². The molecule has 3 aliphatic rings. The third-order valence-electron chi connectivity index (χ3n) is 5.59. The Bertz CT molecular complexity index is 403. The Hall–Kier alpha value is -0.573. The predicted molar refractivity (Wildman–Crippen MR) is 79.7 cm³/mol. The van der Waals surface area contributed by atoms with Gasteiger partial charge in [-0.05, 0) is 44.4 Å². The number of rotatable bonds is 2. The minimum absolute atomic E-state index is 0.0840. The lowest BCUT2D eigenvalue weighted by molar-refractivity contribution is -0.165. The number of hydrogen-bond donors (Lipinski definition) is 0. The summed E-state index contributed by atoms with van der Waals surface area (Å²) in [6.45, 7) is 7.06. The van der Waals surface area contributed by atoms with E-state index in [1.54, 1.807) is 0 Å². The van der Waals surface area contributed by atoms with Crippen molar-refractivity contribution in [2.45, 2.75) is 63.4 Å². The summed E-state index contributed by atoms with van der Waals surface area (Å²) in [5.74, 6) is 1.35. The van der Waals surface area contributed by atoms with E-state index in [0.717, 1.165) is 19.3 Å². The molecule has 0 aromatic rings. The van der Waals surface area contributed by atoms with Crippen LogP contribution in [-0.4, -0.2) is 19.6 Å². The van der Waals surface area contributed by atoms with E-state index in [1.807, 2.05) is 0 Å². The van der Waals surface area contributed by atoms with Crippen LogP contribution in [0.5, 0.6) is 0 Å². The van der Waals surface area contributed by atoms with Gasteiger partial charge < -0.3 is 4.74 Å². The molecular formula is C16H26O2Si. The van der Waals surface area contributed by atoms with E-state index in [1.165, 1.54) is 18.5 Å². The lowest BCUT2D eigenvalue weighted by Crippen LogP contribution is -2.43. The largest absolute Gasteiger partial charge is 0.459 e. The molecule has 3 heteroatoms. The van der Waals surface area contributed by atoms with Gasteiger partial charge in [-0.3, -0.25) is 4.79 Å². The van der Waals surface area contributed by atoms with E-state index < -0.39 is 8.07 Å². The first-order valence-corrected chi connectivity index (χ1v) is 11.2. The first-order valence-electron chi connectivity index (χ1n) is 7.78. The van der Waals surface area contributed by atoms with Gasteiger partial charge in [0.25, 0.3) is 0 Å². The molecule has 0 amide bonds. The monoisotopic (exact) mass is 278 g/mol. The van der Waals surface area contributed by atoms with Gasteiger partial charge in [0.15, 0.2) is 0 Å². The van der Waals surface area contributed by atoms with Gasteiger partial charge in [-0.15, -0.1) is 0 Å². The minimum atomic E-state index is -0.978. The quantitative estimate of drug-likeness (QED) is 0.433. The lowest BCUT2D eigenvalue weighted by Gasteiger charge is -2.40. The summed E-state index contributed by atoms with van der Waals surface area (Å²) in [4.78, 5) is 12.4. The summed E-state index contributed by atoms with van der Waals surface area (Å²) < 4.78 is 5.96. The second-order valence-electron chi connectivity index (χ2n) is 7.92. The topological polar surface area (TPSA) is 26.3 Å². The molecule has 3 atom stereocenters. The van der Waals surface area contributed by atoms with Crippen molar-refractivity contribution in [3.63, 3.8) is 0 Å². The van der Waals surface area contributed by atoms with E-state index in [2.05, 4.69) is 32.2 Å². The fourth-order valence-corrected chi connectivity index (χ4v) is 6.59. The summed E-state index contributed by atoms with van der Waals surface area (Å²) in [6.07, 6.45) is 8.88. The van der Waals surface area contributed by atoms with Crippen LogP contribution in [0.3, 0.4) is 0 Å². The smallest absolute Gasteiger partial charge is 0.310 e. The maximum absolute atomic E-state index is 12.4. The summed E-state index contributed by atoms with van der Waals surface area (Å²) in [6, 6.07) is 2.60. The Labute approximate surface area is 117 Å². The number of esters is 1. The van der Waals surface area contributed by atoms with E-state index in [9.17, 15) is 4.79 Å². The van der Waals surface area contributed by atoms with Crippen LogP contribution in [0, 0.1) is 17.8 Å². The molecule has 1 saturated heterocycles. The number of carbonyl (C=O) groups excluding carboxylic acids is 1. The first kappa shape index (κ1) is 13.4. The SMILES string of the molecule is CC1(OC(=O)C2CC3C=CC2C3)CC[Si](C)(C)CC1. The van der Waals surface area contributed by atoms with Crippen LogP contribution >= 0.6 is 0 Å². The molecular weight excluding hydrogens is 252 g/mol. The molecule has 1 saturated carbocycles. The summed E-state index contributed by atoms with van der Waals surface area (Å²) in [7, 11) is -0.978. The fourth-order valence-electron chi connectivity index (χ4n) is 3.93. The standard InChI is InChI=1S/C16H26O2Si/c1-16(6-8-19(2,3)9-7-16)18-15(17)14-11-12-4-5-13(14)10-12/h4-5,12-14H,6-11H2,1-3H3. The van der Waals surface area contributed by atoms with Crippen molar-refractivity contribution < 1.29 is 9.53 Å². The Morgan fingerprint density at radius 2 is 1.89 bits per heavy atom. The summed E-state index contributed by atoms with van der Waals surface area (Å²) in [5, 5.41) is 0. The molecule has 3 unspecified atom stereocenters. The second-order valence-corrected chi connectivity index (χ2v) is 13.3. The zero-order chi connectivity index (χ0) is 13.7. The molecule has 2 nitrogen and oxygen atoms in total. The van der Waals surface area contributed by atoms with Gasteiger partial charge >= 0.3 is 5.97 Å². The van der Waals surface area contributed by atoms with E-state index in [0.29, 0.717) is 11.8 Å². The second kappa shape index (κ2) is 4.47. The van der Waals surface area contributed by atoms with Crippen LogP contribution < -0.4 is 0 Å². The van der Waals surface area contributed by atoms with Crippen molar-refractivity contribution >= 4 is 14.0 Å². The van der Waals surface area contributed by atoms with E-state index >= 15 is 0 Å². The molecule has 1 aliphatic heterocycles. The molecule has 19 heavy (non-hydrogen) atoms. The molecule has 1 heterocycles. The number of allylic oxidation sites excluding steroid dienone is 2. The van der Waals surface area contributed by atoms with E-state index in [-0.39, 0.29) is 17.5 Å². The third kappa shape index (κ3) is 2.67. The van der Waals surface area contributed by atoms with Crippen molar-refractivity contribution in [2.24, 2.45) is 17.8 Å². The van der Waals surface area contributed by atoms with Gasteiger partial charge in [0.2, 0.25) is 0 Å². The molecule has 3 rings (SSSR count). The fraction of sp³-hybridized carbons (Fsp3) is 0.812. The number of fused-ring (bicyclic) bond motifs is 2. The highest BCUT2D eigenvalue weighted by molar-refractivity contribution is 6.77. The van der Waals surface area contributed by atoms with E-state index in [4.69, 9.17) is 4.74 Å². The maximum atomic E-state index is 12.4. The molecule has 2 aliphatic carbocycles. The van der Waals surface area contributed by atoms with Crippen molar-refractivity contribution in [3.8, 4) is 0 Å². The molecule has 0 N–H and O–H groups in total. The van der Waals surface area contributed by atoms with Gasteiger partial charge in [0, 0.05) is 8.07 Å². The van der Waals surface area contributed by atoms with Gasteiger partial charge in [-0.25, -0.2) is 0 Å². The van der Waals surface area contributed by atoms with Crippen molar-refractivity contribution in [3.05, 3.63) is 12.2 Å². The van der Waals surface area contributed by atoms with Gasteiger partial charge in [-0.2, -0.15) is 0 Å². The molecule has 2 bridgehead atoms. The zero-order valence-corrected chi connectivity index (χ0v) is 13.4. The highest BCUT2D eigenvalue weighted by atomic mass is 28.3. The van der Waals surface area contributed by atoms with Gasteiger partial charge in [-0.1, -0.05) is 37.3 Å². The third-order valence-corrected chi connectivity index (χ3v) is 8.80. The highest BCUT2D eigenvalue weighted by Gasteiger charge is 2.44. The van der Waals surface area contributed by atoms with Crippen LogP contribution in [0.15, 0.2) is 12.2 Å². The van der Waals surface area contributed by atoms with Crippen LogP contribution in [0.25, 0.3) is 0 Å².